The Morgan fingerprint density at radius 2 is 1.96 bits per heavy atom. The quantitative estimate of drug-likeness (QED) is 0.844. The number of halogens is 2. The van der Waals surface area contributed by atoms with Gasteiger partial charge in [0.15, 0.2) is 0 Å². The molecule has 2 rings (SSSR count). The van der Waals surface area contributed by atoms with Crippen molar-refractivity contribution in [2.75, 3.05) is 19.4 Å². The van der Waals surface area contributed by atoms with Crippen LogP contribution in [0.3, 0.4) is 0 Å². The number of nitrogens with two attached hydrogens (primary N) is 1. The Morgan fingerprint density at radius 1 is 1.26 bits per heavy atom. The van der Waals surface area contributed by atoms with E-state index >= 15 is 0 Å². The molecule has 0 saturated heterocycles. The molecular formula is C17H29Cl2N3O. The molecule has 1 aromatic carbocycles. The summed E-state index contributed by atoms with van der Waals surface area (Å²) in [6, 6.07) is 8.23. The van der Waals surface area contributed by atoms with Crippen LogP contribution in [-0.2, 0) is 11.3 Å². The average Bonchev–Trinajstić information content (AvgIpc) is 2.41. The van der Waals surface area contributed by atoms with Crippen LogP contribution in [-0.4, -0.2) is 30.9 Å². The summed E-state index contributed by atoms with van der Waals surface area (Å²) in [5, 5.41) is 3.01. The molecule has 23 heavy (non-hydrogen) atoms. The Hall–Kier alpha value is -0.810. The van der Waals surface area contributed by atoms with Crippen LogP contribution in [0.25, 0.3) is 0 Å². The van der Waals surface area contributed by atoms with Crippen molar-refractivity contribution < 1.29 is 4.79 Å². The van der Waals surface area contributed by atoms with Crippen molar-refractivity contribution in [3.8, 4) is 0 Å². The Morgan fingerprint density at radius 3 is 2.61 bits per heavy atom. The van der Waals surface area contributed by atoms with Gasteiger partial charge in [0.05, 0.1) is 0 Å². The minimum atomic E-state index is 0. The van der Waals surface area contributed by atoms with Crippen LogP contribution in [0.2, 0.25) is 0 Å². The SMILES string of the molecule is CN(C)Cc1cccc(NC(=O)CC2CCCCC2N)c1.Cl.Cl. The first-order chi connectivity index (χ1) is 10.0. The predicted octanol–water partition coefficient (Wildman–Crippen LogP) is 3.44. The molecule has 0 heterocycles. The van der Waals surface area contributed by atoms with Crippen LogP contribution in [0.1, 0.15) is 37.7 Å². The van der Waals surface area contributed by atoms with Gasteiger partial charge >= 0.3 is 0 Å². The minimum Gasteiger partial charge on any atom is -0.327 e. The summed E-state index contributed by atoms with van der Waals surface area (Å²) in [4.78, 5) is 14.3. The highest BCUT2D eigenvalue weighted by molar-refractivity contribution is 5.91. The molecular weight excluding hydrogens is 333 g/mol. The first kappa shape index (κ1) is 22.2. The van der Waals surface area contributed by atoms with Crippen molar-refractivity contribution in [2.45, 2.75) is 44.7 Å². The topological polar surface area (TPSA) is 58.4 Å². The Balaban J connectivity index is 0.00000242. The molecule has 2 unspecified atom stereocenters. The number of carbonyl (C=O) groups is 1. The maximum absolute atomic E-state index is 12.2. The van der Waals surface area contributed by atoms with E-state index in [-0.39, 0.29) is 36.8 Å². The Bertz CT molecular complexity index is 483. The fourth-order valence-electron chi connectivity index (χ4n) is 3.05. The van der Waals surface area contributed by atoms with Crippen molar-refractivity contribution in [1.82, 2.24) is 4.90 Å². The third-order valence-corrected chi connectivity index (χ3v) is 4.12. The fourth-order valence-corrected chi connectivity index (χ4v) is 3.05. The summed E-state index contributed by atoms with van der Waals surface area (Å²) in [6.07, 6.45) is 5.07. The van der Waals surface area contributed by atoms with Gasteiger partial charge in [-0.2, -0.15) is 0 Å². The second-order valence-corrected chi connectivity index (χ2v) is 6.40. The highest BCUT2D eigenvalue weighted by Crippen LogP contribution is 2.26. The third kappa shape index (κ3) is 7.53. The molecule has 132 valence electrons. The lowest BCUT2D eigenvalue weighted by Gasteiger charge is -2.28. The molecule has 1 saturated carbocycles. The van der Waals surface area contributed by atoms with Crippen LogP contribution in [0.4, 0.5) is 5.69 Å². The molecule has 1 amide bonds. The minimum absolute atomic E-state index is 0. The van der Waals surface area contributed by atoms with Crippen molar-refractivity contribution in [3.63, 3.8) is 0 Å². The van der Waals surface area contributed by atoms with Gasteiger partial charge in [0, 0.05) is 24.7 Å². The fraction of sp³-hybridized carbons (Fsp3) is 0.588. The Kier molecular flexibility index (Phi) is 10.5. The van der Waals surface area contributed by atoms with Crippen LogP contribution in [0.15, 0.2) is 24.3 Å². The van der Waals surface area contributed by atoms with Gasteiger partial charge in [0.25, 0.3) is 0 Å². The lowest BCUT2D eigenvalue weighted by Crippen LogP contribution is -2.35. The number of hydrogen-bond donors (Lipinski definition) is 2. The summed E-state index contributed by atoms with van der Waals surface area (Å²) >= 11 is 0. The van der Waals surface area contributed by atoms with Gasteiger partial charge in [-0.05, 0) is 50.6 Å². The largest absolute Gasteiger partial charge is 0.327 e. The zero-order valence-electron chi connectivity index (χ0n) is 14.0. The summed E-state index contributed by atoms with van der Waals surface area (Å²) in [7, 11) is 4.07. The van der Waals surface area contributed by atoms with Gasteiger partial charge in [-0.1, -0.05) is 25.0 Å². The van der Waals surface area contributed by atoms with Gasteiger partial charge in [-0.3, -0.25) is 4.79 Å². The number of nitrogens with zero attached hydrogens (tertiary/aromatic N) is 1. The van der Waals surface area contributed by atoms with Gasteiger partial charge in [-0.15, -0.1) is 24.8 Å². The van der Waals surface area contributed by atoms with E-state index in [1.807, 2.05) is 32.3 Å². The van der Waals surface area contributed by atoms with Crippen LogP contribution in [0.5, 0.6) is 0 Å². The molecule has 1 aliphatic rings. The van der Waals surface area contributed by atoms with E-state index in [9.17, 15) is 4.79 Å². The highest BCUT2D eigenvalue weighted by Gasteiger charge is 2.24. The lowest BCUT2D eigenvalue weighted by molar-refractivity contribution is -0.117. The smallest absolute Gasteiger partial charge is 0.224 e. The van der Waals surface area contributed by atoms with E-state index in [2.05, 4.69) is 16.3 Å². The van der Waals surface area contributed by atoms with Crippen molar-refractivity contribution in [2.24, 2.45) is 11.7 Å². The average molecular weight is 362 g/mol. The third-order valence-electron chi connectivity index (χ3n) is 4.12. The molecule has 1 aromatic rings. The number of anilines is 1. The van der Waals surface area contributed by atoms with E-state index in [1.54, 1.807) is 0 Å². The second-order valence-electron chi connectivity index (χ2n) is 6.40. The second kappa shape index (κ2) is 10.9. The first-order valence-corrected chi connectivity index (χ1v) is 7.83. The van der Waals surface area contributed by atoms with Crippen LogP contribution >= 0.6 is 24.8 Å². The number of rotatable bonds is 5. The molecule has 2 atom stereocenters. The molecule has 4 nitrogen and oxygen atoms in total. The van der Waals surface area contributed by atoms with Gasteiger partial charge < -0.3 is 16.0 Å². The standard InChI is InChI=1S/C17H27N3O.2ClH/c1-20(2)12-13-6-5-8-15(10-13)19-17(21)11-14-7-3-4-9-16(14)18;;/h5-6,8,10,14,16H,3-4,7,9,11-12,18H2,1-2H3,(H,19,21);2*1H. The van der Waals surface area contributed by atoms with E-state index < -0.39 is 0 Å². The molecule has 0 aliphatic heterocycles. The van der Waals surface area contributed by atoms with Crippen molar-refractivity contribution in [1.29, 1.82) is 0 Å². The molecule has 0 aromatic heterocycles. The highest BCUT2D eigenvalue weighted by atomic mass is 35.5. The monoisotopic (exact) mass is 361 g/mol. The number of amides is 1. The van der Waals surface area contributed by atoms with Crippen molar-refractivity contribution >= 4 is 36.4 Å². The first-order valence-electron chi connectivity index (χ1n) is 7.83. The molecule has 3 N–H and O–H groups in total. The zero-order valence-corrected chi connectivity index (χ0v) is 15.6. The van der Waals surface area contributed by atoms with E-state index in [1.165, 1.54) is 18.4 Å². The van der Waals surface area contributed by atoms with Crippen molar-refractivity contribution in [3.05, 3.63) is 29.8 Å². The molecule has 0 bridgehead atoms. The van der Waals surface area contributed by atoms with E-state index in [4.69, 9.17) is 5.73 Å². The van der Waals surface area contributed by atoms with E-state index in [0.29, 0.717) is 12.3 Å². The van der Waals surface area contributed by atoms with E-state index in [0.717, 1.165) is 25.1 Å². The molecule has 1 fully saturated rings. The van der Waals surface area contributed by atoms with Gasteiger partial charge in [-0.25, -0.2) is 0 Å². The predicted molar refractivity (Wildman–Crippen MR) is 102 cm³/mol. The summed E-state index contributed by atoms with van der Waals surface area (Å²) < 4.78 is 0. The number of nitrogens with one attached hydrogen (secondary N) is 1. The Labute approximate surface area is 152 Å². The van der Waals surface area contributed by atoms with Gasteiger partial charge in [0.1, 0.15) is 0 Å². The van der Waals surface area contributed by atoms with Crippen LogP contribution in [0, 0.1) is 5.92 Å². The van der Waals surface area contributed by atoms with Crippen LogP contribution < -0.4 is 11.1 Å². The number of carbonyl (C=O) groups excluding carboxylic acids is 1. The zero-order chi connectivity index (χ0) is 15.2. The maximum atomic E-state index is 12.2. The normalized spacial score (nSPS) is 20.3. The summed E-state index contributed by atoms with van der Waals surface area (Å²) in [5.74, 6) is 0.420. The summed E-state index contributed by atoms with van der Waals surface area (Å²) in [5.41, 5.74) is 8.19. The molecule has 0 spiro atoms. The van der Waals surface area contributed by atoms with Gasteiger partial charge in [0.2, 0.25) is 5.91 Å². The lowest BCUT2D eigenvalue weighted by atomic mass is 9.83. The molecule has 6 heteroatoms. The number of hydrogen-bond acceptors (Lipinski definition) is 3. The molecule has 1 aliphatic carbocycles. The maximum Gasteiger partial charge on any atom is 0.224 e. The summed E-state index contributed by atoms with van der Waals surface area (Å²) in [6.45, 7) is 0.872. The number of benzene rings is 1. The molecule has 0 radical (unpaired) electrons.